The van der Waals surface area contributed by atoms with Gasteiger partial charge < -0.3 is 9.84 Å². The zero-order valence-corrected chi connectivity index (χ0v) is 10.3. The van der Waals surface area contributed by atoms with Gasteiger partial charge >= 0.3 is 0 Å². The van der Waals surface area contributed by atoms with Crippen LogP contribution in [0.1, 0.15) is 30.0 Å². The minimum atomic E-state index is 0.0575. The molecule has 1 saturated carbocycles. The Kier molecular flexibility index (Phi) is 2.80. The highest BCUT2D eigenvalue weighted by Gasteiger charge is 2.30. The Morgan fingerprint density at radius 2 is 2.06 bits per heavy atom. The van der Waals surface area contributed by atoms with Crippen molar-refractivity contribution in [2.45, 2.75) is 25.4 Å². The van der Waals surface area contributed by atoms with E-state index < -0.39 is 0 Å². The predicted molar refractivity (Wildman–Crippen MR) is 68.0 cm³/mol. The Labute approximate surface area is 106 Å². The highest BCUT2D eigenvalue weighted by Crippen LogP contribution is 2.42. The summed E-state index contributed by atoms with van der Waals surface area (Å²) < 4.78 is 7.08. The van der Waals surface area contributed by atoms with Gasteiger partial charge in [-0.2, -0.15) is 5.10 Å². The normalized spacial score (nSPS) is 14.8. The van der Waals surface area contributed by atoms with Crippen LogP contribution in [0.4, 0.5) is 0 Å². The standard InChI is InChI=1S/C14H16N2O2/c1-18-13-6-4-12(5-7-13)16-14(10-2-3-10)11(9-17)8-15-16/h4-8,10,17H,2-3,9H2,1H3. The summed E-state index contributed by atoms with van der Waals surface area (Å²) in [6, 6.07) is 7.82. The number of hydrogen-bond donors (Lipinski definition) is 1. The number of rotatable bonds is 4. The highest BCUT2D eigenvalue weighted by atomic mass is 16.5. The second-order valence-electron chi connectivity index (χ2n) is 4.60. The molecule has 1 aromatic heterocycles. The summed E-state index contributed by atoms with van der Waals surface area (Å²) >= 11 is 0. The van der Waals surface area contributed by atoms with Crippen LogP contribution in [0.3, 0.4) is 0 Å². The van der Waals surface area contributed by atoms with Crippen molar-refractivity contribution in [1.82, 2.24) is 9.78 Å². The van der Waals surface area contributed by atoms with E-state index in [1.165, 1.54) is 12.8 Å². The lowest BCUT2D eigenvalue weighted by Gasteiger charge is -2.09. The average molecular weight is 244 g/mol. The molecule has 4 heteroatoms. The Bertz CT molecular complexity index is 541. The molecule has 3 rings (SSSR count). The van der Waals surface area contributed by atoms with Gasteiger partial charge in [0.1, 0.15) is 5.75 Å². The van der Waals surface area contributed by atoms with E-state index in [-0.39, 0.29) is 6.61 Å². The van der Waals surface area contributed by atoms with Gasteiger partial charge in [-0.25, -0.2) is 4.68 Å². The van der Waals surface area contributed by atoms with Crippen LogP contribution < -0.4 is 4.74 Å². The van der Waals surface area contributed by atoms with Crippen molar-refractivity contribution in [2.75, 3.05) is 7.11 Å². The minimum absolute atomic E-state index is 0.0575. The second-order valence-corrected chi connectivity index (χ2v) is 4.60. The van der Waals surface area contributed by atoms with Crippen LogP contribution in [-0.2, 0) is 6.61 Å². The summed E-state index contributed by atoms with van der Waals surface area (Å²) in [6.45, 7) is 0.0575. The van der Waals surface area contributed by atoms with Crippen LogP contribution in [0.2, 0.25) is 0 Å². The van der Waals surface area contributed by atoms with Crippen molar-refractivity contribution in [2.24, 2.45) is 0 Å². The summed E-state index contributed by atoms with van der Waals surface area (Å²) in [5.41, 5.74) is 3.10. The molecule has 1 N–H and O–H groups in total. The molecule has 0 atom stereocenters. The smallest absolute Gasteiger partial charge is 0.119 e. The molecule has 1 aromatic carbocycles. The number of ether oxygens (including phenoxy) is 1. The van der Waals surface area contributed by atoms with Gasteiger partial charge in [0.2, 0.25) is 0 Å². The van der Waals surface area contributed by atoms with Gasteiger partial charge in [0.25, 0.3) is 0 Å². The quantitative estimate of drug-likeness (QED) is 0.897. The first-order chi connectivity index (χ1) is 8.83. The van der Waals surface area contributed by atoms with Crippen LogP contribution in [-0.4, -0.2) is 22.0 Å². The summed E-state index contributed by atoms with van der Waals surface area (Å²) in [5, 5.41) is 13.8. The molecule has 1 aliphatic rings. The first kappa shape index (κ1) is 11.3. The van der Waals surface area contributed by atoms with Crippen molar-refractivity contribution in [1.29, 1.82) is 0 Å². The maximum Gasteiger partial charge on any atom is 0.119 e. The SMILES string of the molecule is COc1ccc(-n2ncc(CO)c2C2CC2)cc1. The van der Waals surface area contributed by atoms with Gasteiger partial charge in [0.15, 0.2) is 0 Å². The van der Waals surface area contributed by atoms with Crippen molar-refractivity contribution in [3.05, 3.63) is 41.7 Å². The number of aliphatic hydroxyl groups excluding tert-OH is 1. The van der Waals surface area contributed by atoms with Gasteiger partial charge in [-0.1, -0.05) is 0 Å². The third-order valence-electron chi connectivity index (χ3n) is 3.34. The van der Waals surface area contributed by atoms with Crippen LogP contribution in [0.25, 0.3) is 5.69 Å². The third kappa shape index (κ3) is 1.88. The molecule has 0 unspecified atom stereocenters. The maximum absolute atomic E-state index is 9.36. The van der Waals surface area contributed by atoms with Crippen molar-refractivity contribution in [3.63, 3.8) is 0 Å². The Hall–Kier alpha value is -1.81. The zero-order chi connectivity index (χ0) is 12.5. The Morgan fingerprint density at radius 3 is 2.61 bits per heavy atom. The molecule has 2 aromatic rings. The van der Waals surface area contributed by atoms with Gasteiger partial charge in [-0.05, 0) is 37.1 Å². The topological polar surface area (TPSA) is 47.3 Å². The van der Waals surface area contributed by atoms with E-state index in [0.717, 1.165) is 22.7 Å². The third-order valence-corrected chi connectivity index (χ3v) is 3.34. The Balaban J connectivity index is 2.02. The summed E-state index contributed by atoms with van der Waals surface area (Å²) in [7, 11) is 1.66. The lowest BCUT2D eigenvalue weighted by atomic mass is 10.2. The molecule has 0 bridgehead atoms. The van der Waals surface area contributed by atoms with Gasteiger partial charge in [0.05, 0.1) is 31.3 Å². The fourth-order valence-electron chi connectivity index (χ4n) is 2.23. The summed E-state index contributed by atoms with van der Waals surface area (Å²) in [5.74, 6) is 1.39. The first-order valence-electron chi connectivity index (χ1n) is 6.15. The van der Waals surface area contributed by atoms with Crippen molar-refractivity contribution < 1.29 is 9.84 Å². The molecule has 0 spiro atoms. The highest BCUT2D eigenvalue weighted by molar-refractivity contribution is 5.41. The van der Waals surface area contributed by atoms with Crippen LogP contribution in [0.15, 0.2) is 30.5 Å². The minimum Gasteiger partial charge on any atom is -0.497 e. The van der Waals surface area contributed by atoms with Crippen LogP contribution >= 0.6 is 0 Å². The number of nitrogens with zero attached hydrogens (tertiary/aromatic N) is 2. The van der Waals surface area contributed by atoms with E-state index in [0.29, 0.717) is 5.92 Å². The molecule has 0 aliphatic heterocycles. The number of methoxy groups -OCH3 is 1. The lowest BCUT2D eigenvalue weighted by molar-refractivity contribution is 0.280. The molecule has 1 aliphatic carbocycles. The van der Waals surface area contributed by atoms with Crippen LogP contribution in [0.5, 0.6) is 5.75 Å². The van der Waals surface area contributed by atoms with E-state index in [1.807, 2.05) is 28.9 Å². The van der Waals surface area contributed by atoms with Crippen LogP contribution in [0, 0.1) is 0 Å². The van der Waals surface area contributed by atoms with Crippen molar-refractivity contribution in [3.8, 4) is 11.4 Å². The fourth-order valence-corrected chi connectivity index (χ4v) is 2.23. The zero-order valence-electron chi connectivity index (χ0n) is 10.3. The maximum atomic E-state index is 9.36. The van der Waals surface area contributed by atoms with Gasteiger partial charge in [0, 0.05) is 11.5 Å². The molecule has 18 heavy (non-hydrogen) atoms. The first-order valence-corrected chi connectivity index (χ1v) is 6.15. The number of hydrogen-bond acceptors (Lipinski definition) is 3. The second kappa shape index (κ2) is 4.46. The number of aromatic nitrogens is 2. The van der Waals surface area contributed by atoms with Gasteiger partial charge in [-0.3, -0.25) is 0 Å². The molecule has 4 nitrogen and oxygen atoms in total. The van der Waals surface area contributed by atoms with Crippen molar-refractivity contribution >= 4 is 0 Å². The molecular weight excluding hydrogens is 228 g/mol. The molecule has 0 saturated heterocycles. The van der Waals surface area contributed by atoms with E-state index in [9.17, 15) is 5.11 Å². The van der Waals surface area contributed by atoms with E-state index in [1.54, 1.807) is 13.3 Å². The molecular formula is C14H16N2O2. The number of aliphatic hydroxyl groups is 1. The van der Waals surface area contributed by atoms with E-state index in [2.05, 4.69) is 5.10 Å². The van der Waals surface area contributed by atoms with E-state index >= 15 is 0 Å². The largest absolute Gasteiger partial charge is 0.497 e. The summed E-state index contributed by atoms with van der Waals surface area (Å²) in [4.78, 5) is 0. The summed E-state index contributed by atoms with van der Waals surface area (Å²) in [6.07, 6.45) is 4.14. The molecule has 1 heterocycles. The van der Waals surface area contributed by atoms with Gasteiger partial charge in [-0.15, -0.1) is 0 Å². The number of benzene rings is 1. The predicted octanol–water partition coefficient (Wildman–Crippen LogP) is 2.25. The lowest BCUT2D eigenvalue weighted by Crippen LogP contribution is -2.02. The average Bonchev–Trinajstić information content (AvgIpc) is 3.18. The molecule has 94 valence electrons. The Morgan fingerprint density at radius 1 is 1.33 bits per heavy atom. The fraction of sp³-hybridized carbons (Fsp3) is 0.357. The monoisotopic (exact) mass is 244 g/mol. The molecule has 1 fully saturated rings. The van der Waals surface area contributed by atoms with E-state index in [4.69, 9.17) is 4.74 Å². The molecule has 0 amide bonds. The molecule has 0 radical (unpaired) electrons.